The van der Waals surface area contributed by atoms with Crippen molar-refractivity contribution in [2.24, 2.45) is 5.92 Å². The molecule has 0 bridgehead atoms. The van der Waals surface area contributed by atoms with E-state index < -0.39 is 0 Å². The Bertz CT molecular complexity index is 393. The maximum absolute atomic E-state index is 12.5. The van der Waals surface area contributed by atoms with Crippen molar-refractivity contribution in [1.82, 2.24) is 10.2 Å². The number of likely N-dealkylation sites (tertiary alicyclic amines) is 1. The highest BCUT2D eigenvalue weighted by molar-refractivity contribution is 5.74. The Kier molecular flexibility index (Phi) is 4.54. The van der Waals surface area contributed by atoms with Crippen molar-refractivity contribution in [2.75, 3.05) is 13.1 Å². The summed E-state index contributed by atoms with van der Waals surface area (Å²) in [5.74, 6) is 0.189. The van der Waals surface area contributed by atoms with E-state index >= 15 is 0 Å². The van der Waals surface area contributed by atoms with E-state index in [1.54, 1.807) is 0 Å². The molecule has 0 aromatic heterocycles. The second-order valence-electron chi connectivity index (χ2n) is 7.76. The van der Waals surface area contributed by atoms with Crippen LogP contribution in [0.15, 0.2) is 0 Å². The predicted molar refractivity (Wildman–Crippen MR) is 82.2 cm³/mol. The largest absolute Gasteiger partial charge is 0.393 e. The summed E-state index contributed by atoms with van der Waals surface area (Å²) in [6.45, 7) is 11.4. The SMILES string of the molecule is CC(O)C1CCCN(C(=O)NC2CC(C)(C)OC2(C)C)C1. The third-order valence-corrected chi connectivity index (χ3v) is 4.80. The molecule has 2 saturated heterocycles. The quantitative estimate of drug-likeness (QED) is 0.821. The molecule has 5 nitrogen and oxygen atoms in total. The van der Waals surface area contributed by atoms with Crippen molar-refractivity contribution in [3.63, 3.8) is 0 Å². The number of carbonyl (C=O) groups excluding carboxylic acids is 1. The number of aliphatic hydroxyl groups excluding tert-OH is 1. The van der Waals surface area contributed by atoms with Gasteiger partial charge in [-0.1, -0.05) is 0 Å². The van der Waals surface area contributed by atoms with Crippen LogP contribution in [0, 0.1) is 5.92 Å². The molecule has 0 spiro atoms. The van der Waals surface area contributed by atoms with E-state index in [0.29, 0.717) is 6.54 Å². The number of carbonyl (C=O) groups is 1. The number of nitrogens with zero attached hydrogens (tertiary/aromatic N) is 1. The number of aliphatic hydroxyl groups is 1. The molecule has 3 atom stereocenters. The smallest absolute Gasteiger partial charge is 0.317 e. The van der Waals surface area contributed by atoms with Gasteiger partial charge in [0.15, 0.2) is 0 Å². The van der Waals surface area contributed by atoms with Gasteiger partial charge in [-0.05, 0) is 53.9 Å². The van der Waals surface area contributed by atoms with Crippen LogP contribution in [0.4, 0.5) is 4.79 Å². The Balaban J connectivity index is 1.95. The highest BCUT2D eigenvalue weighted by Crippen LogP contribution is 2.37. The lowest BCUT2D eigenvalue weighted by Crippen LogP contribution is -2.53. The Morgan fingerprint density at radius 1 is 1.38 bits per heavy atom. The molecule has 5 heteroatoms. The summed E-state index contributed by atoms with van der Waals surface area (Å²) in [5.41, 5.74) is -0.551. The number of nitrogens with one attached hydrogen (secondary N) is 1. The van der Waals surface area contributed by atoms with Crippen molar-refractivity contribution in [2.45, 2.75) is 77.2 Å². The monoisotopic (exact) mass is 298 g/mol. The molecule has 0 aromatic carbocycles. The molecule has 2 heterocycles. The molecule has 2 aliphatic rings. The molecule has 2 aliphatic heterocycles. The number of rotatable bonds is 2. The van der Waals surface area contributed by atoms with Gasteiger partial charge in [-0.3, -0.25) is 0 Å². The van der Waals surface area contributed by atoms with Crippen LogP contribution < -0.4 is 5.32 Å². The highest BCUT2D eigenvalue weighted by atomic mass is 16.5. The predicted octanol–water partition coefficient (Wildman–Crippen LogP) is 2.13. The highest BCUT2D eigenvalue weighted by Gasteiger charge is 2.47. The molecule has 2 rings (SSSR count). The van der Waals surface area contributed by atoms with Gasteiger partial charge in [0.25, 0.3) is 0 Å². The third kappa shape index (κ3) is 3.89. The molecule has 122 valence electrons. The number of urea groups is 1. The van der Waals surface area contributed by atoms with Crippen LogP contribution in [-0.2, 0) is 4.74 Å². The number of piperidine rings is 1. The molecule has 21 heavy (non-hydrogen) atoms. The minimum atomic E-state index is -0.356. The average Bonchev–Trinajstić information content (AvgIpc) is 2.57. The van der Waals surface area contributed by atoms with E-state index in [9.17, 15) is 9.90 Å². The van der Waals surface area contributed by atoms with E-state index in [-0.39, 0.29) is 35.3 Å². The van der Waals surface area contributed by atoms with Crippen LogP contribution in [0.5, 0.6) is 0 Å². The summed E-state index contributed by atoms with van der Waals surface area (Å²) in [5, 5.41) is 12.9. The van der Waals surface area contributed by atoms with Gasteiger partial charge in [0, 0.05) is 19.0 Å². The molecule has 0 radical (unpaired) electrons. The molecule has 2 N–H and O–H groups in total. The maximum atomic E-state index is 12.5. The molecular formula is C16H30N2O3. The molecule has 2 amide bonds. The first-order valence-electron chi connectivity index (χ1n) is 8.04. The second-order valence-corrected chi connectivity index (χ2v) is 7.76. The summed E-state index contributed by atoms with van der Waals surface area (Å²) in [4.78, 5) is 14.3. The lowest BCUT2D eigenvalue weighted by molar-refractivity contribution is -0.0693. The van der Waals surface area contributed by atoms with Gasteiger partial charge >= 0.3 is 6.03 Å². The Morgan fingerprint density at radius 3 is 2.57 bits per heavy atom. The van der Waals surface area contributed by atoms with Crippen LogP contribution in [0.1, 0.15) is 53.9 Å². The van der Waals surface area contributed by atoms with E-state index in [4.69, 9.17) is 4.74 Å². The van der Waals surface area contributed by atoms with E-state index in [0.717, 1.165) is 25.8 Å². The van der Waals surface area contributed by atoms with E-state index in [1.807, 2.05) is 25.7 Å². The molecule has 2 fully saturated rings. The molecule has 3 unspecified atom stereocenters. The first kappa shape index (κ1) is 16.6. The number of hydrogen-bond donors (Lipinski definition) is 2. The summed E-state index contributed by atoms with van der Waals surface area (Å²) in [6, 6.07) is -0.00773. The summed E-state index contributed by atoms with van der Waals surface area (Å²) in [7, 11) is 0. The fraction of sp³-hybridized carbons (Fsp3) is 0.938. The van der Waals surface area contributed by atoms with Crippen molar-refractivity contribution < 1.29 is 14.6 Å². The fourth-order valence-corrected chi connectivity index (χ4v) is 3.62. The van der Waals surface area contributed by atoms with Gasteiger partial charge in [-0.15, -0.1) is 0 Å². The Labute approximate surface area is 128 Å². The standard InChI is InChI=1S/C16H30N2O3/c1-11(19)12-7-6-8-18(10-12)14(20)17-13-9-15(2,3)21-16(13,4)5/h11-13,19H,6-10H2,1-5H3,(H,17,20). The van der Waals surface area contributed by atoms with Gasteiger partial charge in [-0.25, -0.2) is 4.79 Å². The number of ether oxygens (including phenoxy) is 1. The average molecular weight is 298 g/mol. The number of amides is 2. The Morgan fingerprint density at radius 2 is 2.05 bits per heavy atom. The van der Waals surface area contributed by atoms with Crippen molar-refractivity contribution in [1.29, 1.82) is 0 Å². The van der Waals surface area contributed by atoms with Crippen LogP contribution in [0.2, 0.25) is 0 Å². The van der Waals surface area contributed by atoms with Gasteiger partial charge in [0.05, 0.1) is 23.3 Å². The molecular weight excluding hydrogens is 268 g/mol. The summed E-state index contributed by atoms with van der Waals surface area (Å²) < 4.78 is 6.02. The third-order valence-electron chi connectivity index (χ3n) is 4.80. The van der Waals surface area contributed by atoms with Crippen LogP contribution in [-0.4, -0.2) is 52.5 Å². The van der Waals surface area contributed by atoms with E-state index in [2.05, 4.69) is 19.2 Å². The van der Waals surface area contributed by atoms with Crippen LogP contribution in [0.25, 0.3) is 0 Å². The topological polar surface area (TPSA) is 61.8 Å². The normalized spacial score (nSPS) is 32.8. The van der Waals surface area contributed by atoms with Gasteiger partial charge in [-0.2, -0.15) is 0 Å². The second kappa shape index (κ2) is 5.76. The van der Waals surface area contributed by atoms with Crippen molar-refractivity contribution >= 4 is 6.03 Å². The zero-order valence-corrected chi connectivity index (χ0v) is 14.0. The van der Waals surface area contributed by atoms with Crippen LogP contribution >= 0.6 is 0 Å². The number of hydrogen-bond acceptors (Lipinski definition) is 3. The summed E-state index contributed by atoms with van der Waals surface area (Å²) >= 11 is 0. The first-order chi connectivity index (χ1) is 9.61. The van der Waals surface area contributed by atoms with Gasteiger partial charge in [0.2, 0.25) is 0 Å². The summed E-state index contributed by atoms with van der Waals surface area (Å²) in [6.07, 6.45) is 2.41. The molecule has 0 saturated carbocycles. The van der Waals surface area contributed by atoms with Crippen LogP contribution in [0.3, 0.4) is 0 Å². The fourth-order valence-electron chi connectivity index (χ4n) is 3.62. The van der Waals surface area contributed by atoms with E-state index in [1.165, 1.54) is 0 Å². The minimum Gasteiger partial charge on any atom is -0.393 e. The van der Waals surface area contributed by atoms with Gasteiger partial charge in [0.1, 0.15) is 0 Å². The first-order valence-corrected chi connectivity index (χ1v) is 8.04. The zero-order chi connectivity index (χ0) is 15.8. The van der Waals surface area contributed by atoms with Crippen molar-refractivity contribution in [3.8, 4) is 0 Å². The molecule has 0 aromatic rings. The van der Waals surface area contributed by atoms with Crippen molar-refractivity contribution in [3.05, 3.63) is 0 Å². The Hall–Kier alpha value is -0.810. The van der Waals surface area contributed by atoms with Gasteiger partial charge < -0.3 is 20.1 Å². The zero-order valence-electron chi connectivity index (χ0n) is 14.0. The minimum absolute atomic E-state index is 0.0203. The lowest BCUT2D eigenvalue weighted by Gasteiger charge is -2.36. The lowest BCUT2D eigenvalue weighted by atomic mass is 9.93. The molecule has 0 aliphatic carbocycles. The maximum Gasteiger partial charge on any atom is 0.317 e.